The van der Waals surface area contributed by atoms with Gasteiger partial charge in [0.15, 0.2) is 0 Å². The molecule has 0 aliphatic heterocycles. The number of rotatable bonds is 26. The molecule has 0 fully saturated rings. The van der Waals surface area contributed by atoms with Crippen LogP contribution in [0.5, 0.6) is 0 Å². The zero-order valence-electron chi connectivity index (χ0n) is 26.6. The second-order valence-electron chi connectivity index (χ2n) is 11.6. The van der Waals surface area contributed by atoms with Crippen LogP contribution in [0.15, 0.2) is 24.3 Å². The highest BCUT2D eigenvalue weighted by molar-refractivity contribution is 5.97. The Hall–Kier alpha value is -1.92. The summed E-state index contributed by atoms with van der Waals surface area (Å²) in [5.41, 5.74) is 1.18. The van der Waals surface area contributed by atoms with Gasteiger partial charge in [-0.05, 0) is 64.3 Å². The molecule has 0 aliphatic rings. The molecule has 6 heteroatoms. The lowest BCUT2D eigenvalue weighted by atomic mass is 10.1. The van der Waals surface area contributed by atoms with Gasteiger partial charge >= 0.3 is 0 Å². The van der Waals surface area contributed by atoms with Gasteiger partial charge in [0.25, 0.3) is 11.8 Å². The fourth-order valence-corrected chi connectivity index (χ4v) is 4.95. The molecule has 0 bridgehead atoms. The Morgan fingerprint density at radius 2 is 0.800 bits per heavy atom. The van der Waals surface area contributed by atoms with Gasteiger partial charge in [-0.1, -0.05) is 104 Å². The average molecular weight is 559 g/mol. The third kappa shape index (κ3) is 19.2. The molecule has 1 rings (SSSR count). The number of hydrogen-bond acceptors (Lipinski definition) is 4. The molecule has 0 unspecified atom stereocenters. The Morgan fingerprint density at radius 1 is 0.500 bits per heavy atom. The minimum atomic E-state index is -0.0879. The van der Waals surface area contributed by atoms with E-state index in [0.717, 1.165) is 26.2 Å². The Morgan fingerprint density at radius 3 is 1.12 bits per heavy atom. The van der Waals surface area contributed by atoms with E-state index < -0.39 is 0 Å². The lowest BCUT2D eigenvalue weighted by molar-refractivity contribution is 0.0938. The lowest BCUT2D eigenvalue weighted by Crippen LogP contribution is -2.34. The Balaban J connectivity index is 2.13. The number of unbranched alkanes of at least 4 members (excludes halogenated alkanes) is 14. The summed E-state index contributed by atoms with van der Waals surface area (Å²) >= 11 is 0. The summed E-state index contributed by atoms with van der Waals surface area (Å²) in [7, 11) is 4.24. The number of carbonyl (C=O) groups excluding carboxylic acids is 2. The van der Waals surface area contributed by atoms with Crippen molar-refractivity contribution < 1.29 is 9.59 Å². The number of carbonyl (C=O) groups is 2. The van der Waals surface area contributed by atoms with E-state index in [0.29, 0.717) is 24.2 Å². The summed E-state index contributed by atoms with van der Waals surface area (Å²) in [5, 5.41) is 6.01. The van der Waals surface area contributed by atoms with E-state index in [4.69, 9.17) is 0 Å². The summed E-state index contributed by atoms with van der Waals surface area (Å²) in [5.74, 6) is -0.176. The first kappa shape index (κ1) is 36.1. The van der Waals surface area contributed by atoms with Crippen molar-refractivity contribution in [2.75, 3.05) is 53.4 Å². The van der Waals surface area contributed by atoms with E-state index in [-0.39, 0.29) is 11.8 Å². The van der Waals surface area contributed by atoms with Gasteiger partial charge in [0, 0.05) is 37.3 Å². The van der Waals surface area contributed by atoms with Crippen LogP contribution in [-0.4, -0.2) is 75.0 Å². The van der Waals surface area contributed by atoms with E-state index in [1.165, 1.54) is 103 Å². The van der Waals surface area contributed by atoms with Crippen molar-refractivity contribution in [2.45, 2.75) is 117 Å². The van der Waals surface area contributed by atoms with Crippen LogP contribution in [0, 0.1) is 0 Å². The zero-order chi connectivity index (χ0) is 29.3. The predicted octanol–water partition coefficient (Wildman–Crippen LogP) is 7.29. The molecule has 0 heterocycles. The SMILES string of the molecule is CCCCCCCCCCN(C)CCNC(=O)c1ccc(C(=O)NCCN(C)CCCCCCCCCC)cc1. The number of amides is 2. The molecular formula is C34H62N4O2. The van der Waals surface area contributed by atoms with Crippen molar-refractivity contribution >= 4 is 11.8 Å². The van der Waals surface area contributed by atoms with Crippen LogP contribution in [0.2, 0.25) is 0 Å². The summed E-state index contributed by atoms with van der Waals surface area (Å²) in [6.45, 7) is 9.60. The Bertz CT molecular complexity index is 690. The van der Waals surface area contributed by atoms with Crippen LogP contribution in [0.3, 0.4) is 0 Å². The van der Waals surface area contributed by atoms with Crippen molar-refractivity contribution in [2.24, 2.45) is 0 Å². The molecule has 2 amide bonds. The van der Waals surface area contributed by atoms with Crippen LogP contribution < -0.4 is 10.6 Å². The quantitative estimate of drug-likeness (QED) is 0.117. The molecule has 0 saturated heterocycles. The van der Waals surface area contributed by atoms with Gasteiger partial charge in [-0.15, -0.1) is 0 Å². The van der Waals surface area contributed by atoms with Gasteiger partial charge < -0.3 is 20.4 Å². The van der Waals surface area contributed by atoms with Crippen molar-refractivity contribution in [3.8, 4) is 0 Å². The average Bonchev–Trinajstić information content (AvgIpc) is 2.95. The smallest absolute Gasteiger partial charge is 0.251 e. The second-order valence-corrected chi connectivity index (χ2v) is 11.6. The highest BCUT2D eigenvalue weighted by Gasteiger charge is 2.09. The molecule has 0 atom stereocenters. The third-order valence-corrected chi connectivity index (χ3v) is 7.75. The van der Waals surface area contributed by atoms with Crippen LogP contribution in [0.4, 0.5) is 0 Å². The van der Waals surface area contributed by atoms with Crippen molar-refractivity contribution in [3.05, 3.63) is 35.4 Å². The number of benzene rings is 1. The lowest BCUT2D eigenvalue weighted by Gasteiger charge is -2.17. The molecule has 0 spiro atoms. The molecule has 230 valence electrons. The molecule has 1 aromatic carbocycles. The zero-order valence-corrected chi connectivity index (χ0v) is 26.6. The summed E-state index contributed by atoms with van der Waals surface area (Å²) in [6.07, 6.45) is 21.3. The fraction of sp³-hybridized carbons (Fsp3) is 0.765. The molecule has 40 heavy (non-hydrogen) atoms. The molecule has 0 radical (unpaired) electrons. The monoisotopic (exact) mass is 558 g/mol. The Kier molecular flexibility index (Phi) is 22.4. The number of nitrogens with zero attached hydrogens (tertiary/aromatic N) is 2. The molecule has 0 aromatic heterocycles. The van der Waals surface area contributed by atoms with Crippen molar-refractivity contribution in [1.29, 1.82) is 0 Å². The van der Waals surface area contributed by atoms with Crippen LogP contribution in [0.25, 0.3) is 0 Å². The summed E-state index contributed by atoms with van der Waals surface area (Å²) in [4.78, 5) is 29.6. The number of likely N-dealkylation sites (N-methyl/N-ethyl adjacent to an activating group) is 2. The van der Waals surface area contributed by atoms with Gasteiger partial charge in [0.2, 0.25) is 0 Å². The molecule has 1 aromatic rings. The highest BCUT2D eigenvalue weighted by atomic mass is 16.2. The van der Waals surface area contributed by atoms with E-state index in [9.17, 15) is 9.59 Å². The van der Waals surface area contributed by atoms with Crippen molar-refractivity contribution in [1.82, 2.24) is 20.4 Å². The predicted molar refractivity (Wildman–Crippen MR) is 171 cm³/mol. The topological polar surface area (TPSA) is 64.7 Å². The molecular weight excluding hydrogens is 496 g/mol. The molecule has 2 N–H and O–H groups in total. The summed E-state index contributed by atoms with van der Waals surface area (Å²) < 4.78 is 0. The van der Waals surface area contributed by atoms with Gasteiger partial charge in [-0.3, -0.25) is 9.59 Å². The van der Waals surface area contributed by atoms with Gasteiger partial charge in [0.1, 0.15) is 0 Å². The van der Waals surface area contributed by atoms with Crippen LogP contribution in [0.1, 0.15) is 137 Å². The van der Waals surface area contributed by atoms with Gasteiger partial charge in [0.05, 0.1) is 0 Å². The maximum atomic E-state index is 12.5. The third-order valence-electron chi connectivity index (χ3n) is 7.75. The fourth-order valence-electron chi connectivity index (χ4n) is 4.95. The standard InChI is InChI=1S/C34H62N4O2/c1-5-7-9-11-13-15-17-19-27-37(3)29-25-35-33(39)31-21-23-32(24-22-31)34(40)36-26-30-38(4)28-20-18-16-14-12-10-8-6-2/h21-24H,5-20,25-30H2,1-4H3,(H,35,39)(H,36,40). The maximum Gasteiger partial charge on any atom is 0.251 e. The maximum absolute atomic E-state index is 12.5. The largest absolute Gasteiger partial charge is 0.351 e. The Labute approximate surface area is 247 Å². The first-order valence-electron chi connectivity index (χ1n) is 16.5. The van der Waals surface area contributed by atoms with Crippen LogP contribution in [-0.2, 0) is 0 Å². The van der Waals surface area contributed by atoms with Crippen LogP contribution >= 0.6 is 0 Å². The van der Waals surface area contributed by atoms with Crippen molar-refractivity contribution in [3.63, 3.8) is 0 Å². The second kappa shape index (κ2) is 24.8. The first-order chi connectivity index (χ1) is 19.5. The number of nitrogens with one attached hydrogen (secondary N) is 2. The summed E-state index contributed by atoms with van der Waals surface area (Å²) in [6, 6.07) is 6.96. The molecule has 0 aliphatic carbocycles. The van der Waals surface area contributed by atoms with E-state index in [2.05, 4.69) is 48.4 Å². The number of hydrogen-bond donors (Lipinski definition) is 2. The van der Waals surface area contributed by atoms with Gasteiger partial charge in [-0.2, -0.15) is 0 Å². The highest BCUT2D eigenvalue weighted by Crippen LogP contribution is 2.10. The molecule has 6 nitrogen and oxygen atoms in total. The minimum Gasteiger partial charge on any atom is -0.351 e. The van der Waals surface area contributed by atoms with Gasteiger partial charge in [-0.25, -0.2) is 0 Å². The first-order valence-corrected chi connectivity index (χ1v) is 16.5. The minimum absolute atomic E-state index is 0.0879. The van der Waals surface area contributed by atoms with E-state index in [1.807, 2.05) is 0 Å². The molecule has 0 saturated carbocycles. The van der Waals surface area contributed by atoms with E-state index >= 15 is 0 Å². The normalized spacial score (nSPS) is 11.3. The van der Waals surface area contributed by atoms with E-state index in [1.54, 1.807) is 24.3 Å².